The van der Waals surface area contributed by atoms with Crippen molar-refractivity contribution in [1.82, 2.24) is 9.80 Å². The Morgan fingerprint density at radius 2 is 1.86 bits per heavy atom. The fraction of sp³-hybridized carbons (Fsp3) is 0.467. The van der Waals surface area contributed by atoms with Gasteiger partial charge in [-0.3, -0.25) is 14.5 Å². The lowest BCUT2D eigenvalue weighted by molar-refractivity contribution is -0.143. The van der Waals surface area contributed by atoms with Crippen molar-refractivity contribution in [2.24, 2.45) is 0 Å². The monoisotopic (exact) mass is 310 g/mol. The lowest BCUT2D eigenvalue weighted by Crippen LogP contribution is -2.53. The summed E-state index contributed by atoms with van der Waals surface area (Å²) in [5.41, 5.74) is 1.51. The third-order valence-corrected chi connectivity index (χ3v) is 4.33. The van der Waals surface area contributed by atoms with E-state index in [-0.39, 0.29) is 5.91 Å². The van der Waals surface area contributed by atoms with Gasteiger partial charge in [0.15, 0.2) is 0 Å². The quantitative estimate of drug-likeness (QED) is 0.926. The van der Waals surface area contributed by atoms with E-state index in [0.717, 1.165) is 5.56 Å². The van der Waals surface area contributed by atoms with Gasteiger partial charge in [0.1, 0.15) is 6.04 Å². The van der Waals surface area contributed by atoms with Crippen LogP contribution in [-0.2, 0) is 4.79 Å². The second-order valence-electron chi connectivity index (χ2n) is 5.31. The van der Waals surface area contributed by atoms with Crippen molar-refractivity contribution in [2.45, 2.75) is 19.9 Å². The van der Waals surface area contributed by atoms with Crippen LogP contribution >= 0.6 is 11.6 Å². The molecule has 1 saturated heterocycles. The summed E-state index contributed by atoms with van der Waals surface area (Å²) in [6.07, 6.45) is 0. The van der Waals surface area contributed by atoms with Crippen LogP contribution in [0.3, 0.4) is 0 Å². The average Bonchev–Trinajstić information content (AvgIpc) is 2.48. The molecule has 1 aromatic carbocycles. The Morgan fingerprint density at radius 3 is 2.38 bits per heavy atom. The van der Waals surface area contributed by atoms with E-state index in [0.29, 0.717) is 36.8 Å². The lowest BCUT2D eigenvalue weighted by Gasteiger charge is -2.36. The number of aliphatic carboxylic acids is 1. The number of halogens is 1. The van der Waals surface area contributed by atoms with E-state index in [1.54, 1.807) is 24.0 Å². The van der Waals surface area contributed by atoms with Crippen molar-refractivity contribution in [1.29, 1.82) is 0 Å². The third kappa shape index (κ3) is 3.54. The maximum atomic E-state index is 12.4. The molecule has 1 heterocycles. The fourth-order valence-corrected chi connectivity index (χ4v) is 2.56. The molecule has 1 N–H and O–H groups in total. The van der Waals surface area contributed by atoms with Gasteiger partial charge in [-0.2, -0.15) is 0 Å². The second kappa shape index (κ2) is 6.45. The van der Waals surface area contributed by atoms with Crippen LogP contribution < -0.4 is 0 Å². The first kappa shape index (κ1) is 15.8. The van der Waals surface area contributed by atoms with Gasteiger partial charge in [0.25, 0.3) is 5.91 Å². The average molecular weight is 311 g/mol. The Balaban J connectivity index is 2.00. The van der Waals surface area contributed by atoms with Crippen molar-refractivity contribution < 1.29 is 14.7 Å². The summed E-state index contributed by atoms with van der Waals surface area (Å²) >= 11 is 6.05. The number of amides is 1. The lowest BCUT2D eigenvalue weighted by atomic mass is 10.1. The van der Waals surface area contributed by atoms with Crippen LogP contribution in [0.1, 0.15) is 22.8 Å². The van der Waals surface area contributed by atoms with Gasteiger partial charge < -0.3 is 10.0 Å². The van der Waals surface area contributed by atoms with E-state index in [1.165, 1.54) is 0 Å². The number of carboxylic acids is 1. The summed E-state index contributed by atoms with van der Waals surface area (Å²) in [4.78, 5) is 27.0. The molecule has 1 aliphatic heterocycles. The molecule has 1 aromatic rings. The number of rotatable bonds is 3. The van der Waals surface area contributed by atoms with Crippen LogP contribution in [-0.4, -0.2) is 59.0 Å². The van der Waals surface area contributed by atoms with Crippen molar-refractivity contribution in [3.05, 3.63) is 34.3 Å². The molecule has 0 saturated carbocycles. The third-order valence-electron chi connectivity index (χ3n) is 3.93. The van der Waals surface area contributed by atoms with E-state index in [9.17, 15) is 9.59 Å². The van der Waals surface area contributed by atoms with Crippen LogP contribution in [0.5, 0.6) is 0 Å². The van der Waals surface area contributed by atoms with E-state index >= 15 is 0 Å². The number of hydrogen-bond donors (Lipinski definition) is 1. The SMILES string of the molecule is Cc1ccc(C(=O)N2CCN(C(C)C(=O)O)CC2)cc1Cl. The smallest absolute Gasteiger partial charge is 0.320 e. The predicted molar refractivity (Wildman–Crippen MR) is 80.8 cm³/mol. The van der Waals surface area contributed by atoms with E-state index in [4.69, 9.17) is 16.7 Å². The minimum atomic E-state index is -0.833. The molecule has 1 amide bonds. The molecule has 1 fully saturated rings. The van der Waals surface area contributed by atoms with E-state index < -0.39 is 12.0 Å². The molecule has 0 aliphatic carbocycles. The normalized spacial score (nSPS) is 17.6. The molecule has 1 atom stereocenters. The minimum Gasteiger partial charge on any atom is -0.480 e. The Kier molecular flexibility index (Phi) is 4.85. The topological polar surface area (TPSA) is 60.9 Å². The van der Waals surface area contributed by atoms with Crippen LogP contribution in [0.4, 0.5) is 0 Å². The number of carbonyl (C=O) groups is 2. The molecule has 0 aromatic heterocycles. The molecule has 1 unspecified atom stereocenters. The standard InChI is InChI=1S/C15H19ClN2O3/c1-10-3-4-12(9-13(10)16)14(19)18-7-5-17(6-8-18)11(2)15(20)21/h3-4,9,11H,5-8H2,1-2H3,(H,20,21). The minimum absolute atomic E-state index is 0.0560. The summed E-state index contributed by atoms with van der Waals surface area (Å²) in [5.74, 6) is -0.889. The van der Waals surface area contributed by atoms with Crippen molar-refractivity contribution in [3.63, 3.8) is 0 Å². The number of carboxylic acid groups (broad SMARTS) is 1. The Bertz CT molecular complexity index is 554. The maximum Gasteiger partial charge on any atom is 0.320 e. The molecular formula is C15H19ClN2O3. The molecule has 5 nitrogen and oxygen atoms in total. The summed E-state index contributed by atoms with van der Waals surface area (Å²) in [6.45, 7) is 5.75. The van der Waals surface area contributed by atoms with Crippen LogP contribution in [0.25, 0.3) is 0 Å². The van der Waals surface area contributed by atoms with Crippen molar-refractivity contribution in [2.75, 3.05) is 26.2 Å². The molecule has 0 spiro atoms. The molecule has 0 bridgehead atoms. The van der Waals surface area contributed by atoms with Gasteiger partial charge in [-0.1, -0.05) is 17.7 Å². The fourth-order valence-electron chi connectivity index (χ4n) is 2.38. The van der Waals surface area contributed by atoms with Crippen LogP contribution in [0.2, 0.25) is 5.02 Å². The largest absolute Gasteiger partial charge is 0.480 e. The van der Waals surface area contributed by atoms with E-state index in [1.807, 2.05) is 17.9 Å². The molecule has 6 heteroatoms. The number of aryl methyl sites for hydroxylation is 1. The number of nitrogens with zero attached hydrogens (tertiary/aromatic N) is 2. The Morgan fingerprint density at radius 1 is 1.24 bits per heavy atom. The summed E-state index contributed by atoms with van der Waals surface area (Å²) < 4.78 is 0. The zero-order valence-corrected chi connectivity index (χ0v) is 12.9. The van der Waals surface area contributed by atoms with Crippen molar-refractivity contribution >= 4 is 23.5 Å². The maximum absolute atomic E-state index is 12.4. The van der Waals surface area contributed by atoms with Gasteiger partial charge in [0.2, 0.25) is 0 Å². The van der Waals surface area contributed by atoms with Gasteiger partial charge >= 0.3 is 5.97 Å². The van der Waals surface area contributed by atoms with E-state index in [2.05, 4.69) is 0 Å². The van der Waals surface area contributed by atoms with Crippen LogP contribution in [0, 0.1) is 6.92 Å². The summed E-state index contributed by atoms with van der Waals surface area (Å²) in [7, 11) is 0. The second-order valence-corrected chi connectivity index (χ2v) is 5.71. The van der Waals surface area contributed by atoms with Gasteiger partial charge in [-0.05, 0) is 31.5 Å². The molecule has 114 valence electrons. The first-order chi connectivity index (χ1) is 9.90. The number of hydrogen-bond acceptors (Lipinski definition) is 3. The summed E-state index contributed by atoms with van der Waals surface area (Å²) in [5, 5.41) is 9.59. The first-order valence-electron chi connectivity index (χ1n) is 6.92. The van der Waals surface area contributed by atoms with Gasteiger partial charge in [0.05, 0.1) is 0 Å². The Hall–Kier alpha value is -1.59. The van der Waals surface area contributed by atoms with Crippen molar-refractivity contribution in [3.8, 4) is 0 Å². The zero-order chi connectivity index (χ0) is 15.6. The highest BCUT2D eigenvalue weighted by atomic mass is 35.5. The predicted octanol–water partition coefficient (Wildman–Crippen LogP) is 1.88. The van der Waals surface area contributed by atoms with Gasteiger partial charge in [-0.15, -0.1) is 0 Å². The molecule has 0 radical (unpaired) electrons. The highest BCUT2D eigenvalue weighted by Crippen LogP contribution is 2.18. The first-order valence-corrected chi connectivity index (χ1v) is 7.30. The highest BCUT2D eigenvalue weighted by molar-refractivity contribution is 6.31. The zero-order valence-electron chi connectivity index (χ0n) is 12.2. The number of benzene rings is 1. The summed E-state index contributed by atoms with van der Waals surface area (Å²) in [6, 6.07) is 4.77. The Labute approximate surface area is 129 Å². The highest BCUT2D eigenvalue weighted by Gasteiger charge is 2.27. The molecule has 1 aliphatic rings. The van der Waals surface area contributed by atoms with Gasteiger partial charge in [0, 0.05) is 36.8 Å². The molecule has 2 rings (SSSR count). The number of piperazine rings is 1. The molecule has 21 heavy (non-hydrogen) atoms. The molecular weight excluding hydrogens is 292 g/mol. The van der Waals surface area contributed by atoms with Crippen LogP contribution in [0.15, 0.2) is 18.2 Å². The number of carbonyl (C=O) groups excluding carboxylic acids is 1. The van der Waals surface area contributed by atoms with Gasteiger partial charge in [-0.25, -0.2) is 0 Å².